The van der Waals surface area contributed by atoms with Crippen LogP contribution in [0.5, 0.6) is 0 Å². The zero-order chi connectivity index (χ0) is 14.8. The monoisotopic (exact) mass is 282 g/mol. The smallest absolute Gasteiger partial charge is 0.410 e. The topological polar surface area (TPSA) is 32.8 Å². The van der Waals surface area contributed by atoms with E-state index in [1.807, 2.05) is 0 Å². The number of carbonyl (C=O) groups is 1. The maximum Gasteiger partial charge on any atom is 0.410 e. The van der Waals surface area contributed by atoms with Crippen molar-refractivity contribution in [3.05, 3.63) is 0 Å². The first kappa shape index (κ1) is 16.1. The molecule has 1 fully saturated rings. The maximum absolute atomic E-state index is 12.3. The van der Waals surface area contributed by atoms with Crippen molar-refractivity contribution in [1.82, 2.24) is 9.80 Å². The van der Waals surface area contributed by atoms with Gasteiger partial charge in [0.1, 0.15) is 5.60 Å². The molecule has 0 aromatic rings. The van der Waals surface area contributed by atoms with Crippen LogP contribution < -0.4 is 0 Å². The largest absolute Gasteiger partial charge is 0.444 e. The van der Waals surface area contributed by atoms with E-state index in [-0.39, 0.29) is 25.7 Å². The van der Waals surface area contributed by atoms with Crippen LogP contribution >= 0.6 is 0 Å². The molecule has 0 spiro atoms. The quantitative estimate of drug-likeness (QED) is 0.741. The van der Waals surface area contributed by atoms with E-state index in [1.165, 1.54) is 9.80 Å². The molecule has 7 heteroatoms. The predicted octanol–water partition coefficient (Wildman–Crippen LogP) is 2.49. The van der Waals surface area contributed by atoms with Gasteiger partial charge in [0.2, 0.25) is 0 Å². The Hall–Kier alpha value is -0.980. The summed E-state index contributed by atoms with van der Waals surface area (Å²) in [5, 5.41) is 0. The van der Waals surface area contributed by atoms with E-state index in [4.69, 9.17) is 4.74 Å². The number of hydrogen-bond donors (Lipinski definition) is 0. The second-order valence-electron chi connectivity index (χ2n) is 5.87. The minimum Gasteiger partial charge on any atom is -0.444 e. The van der Waals surface area contributed by atoms with E-state index < -0.39 is 24.4 Å². The molecule has 1 saturated heterocycles. The van der Waals surface area contributed by atoms with Crippen molar-refractivity contribution in [2.75, 3.05) is 26.2 Å². The van der Waals surface area contributed by atoms with Gasteiger partial charge in [0.05, 0.1) is 6.54 Å². The zero-order valence-corrected chi connectivity index (χ0v) is 11.8. The van der Waals surface area contributed by atoms with Gasteiger partial charge >= 0.3 is 12.3 Å². The van der Waals surface area contributed by atoms with Crippen molar-refractivity contribution >= 4 is 6.09 Å². The number of piperazine rings is 1. The summed E-state index contributed by atoms with van der Waals surface area (Å²) in [7, 11) is 0. The number of nitrogens with zero attached hydrogens (tertiary/aromatic N) is 2. The van der Waals surface area contributed by atoms with E-state index in [0.717, 1.165) is 0 Å². The molecule has 1 aliphatic rings. The van der Waals surface area contributed by atoms with Crippen LogP contribution in [-0.4, -0.2) is 59.9 Å². The van der Waals surface area contributed by atoms with Crippen LogP contribution in [0.3, 0.4) is 0 Å². The highest BCUT2D eigenvalue weighted by Gasteiger charge is 2.36. The van der Waals surface area contributed by atoms with E-state index in [0.29, 0.717) is 0 Å². The van der Waals surface area contributed by atoms with Gasteiger partial charge in [0, 0.05) is 25.7 Å². The minimum atomic E-state index is -4.20. The second kappa shape index (κ2) is 5.56. The lowest BCUT2D eigenvalue weighted by molar-refractivity contribution is -0.150. The van der Waals surface area contributed by atoms with Crippen molar-refractivity contribution in [2.45, 2.75) is 45.5 Å². The Morgan fingerprint density at radius 2 is 1.84 bits per heavy atom. The molecule has 0 aromatic heterocycles. The summed E-state index contributed by atoms with van der Waals surface area (Å²) in [5.74, 6) is 0. The highest BCUT2D eigenvalue weighted by Crippen LogP contribution is 2.20. The lowest BCUT2D eigenvalue weighted by Gasteiger charge is -2.40. The van der Waals surface area contributed by atoms with Crippen molar-refractivity contribution in [3.63, 3.8) is 0 Å². The molecule has 1 aliphatic heterocycles. The molecule has 112 valence electrons. The summed E-state index contributed by atoms with van der Waals surface area (Å²) in [5.41, 5.74) is -0.597. The highest BCUT2D eigenvalue weighted by atomic mass is 19.4. The highest BCUT2D eigenvalue weighted by molar-refractivity contribution is 5.68. The number of hydrogen-bond acceptors (Lipinski definition) is 3. The van der Waals surface area contributed by atoms with E-state index in [9.17, 15) is 18.0 Å². The Morgan fingerprint density at radius 1 is 1.26 bits per heavy atom. The van der Waals surface area contributed by atoms with Gasteiger partial charge in [-0.05, 0) is 27.7 Å². The van der Waals surface area contributed by atoms with Crippen molar-refractivity contribution < 1.29 is 22.7 Å². The van der Waals surface area contributed by atoms with E-state index in [1.54, 1.807) is 27.7 Å². The normalized spacial score (nSPS) is 22.5. The van der Waals surface area contributed by atoms with Gasteiger partial charge in [0.25, 0.3) is 0 Å². The molecule has 0 bridgehead atoms. The van der Waals surface area contributed by atoms with Gasteiger partial charge in [-0.25, -0.2) is 4.79 Å². The molecule has 19 heavy (non-hydrogen) atoms. The summed E-state index contributed by atoms with van der Waals surface area (Å²) in [6.07, 6.45) is -4.67. The molecule has 1 heterocycles. The lowest BCUT2D eigenvalue weighted by atomic mass is 10.2. The number of carbonyl (C=O) groups excluding carboxylic acids is 1. The number of amides is 1. The standard InChI is InChI=1S/C12H21F3N2O2/c1-9-7-16(8-12(13,14)15)5-6-17(9)10(18)19-11(2,3)4/h9H,5-8H2,1-4H3/t9-/m0/s1. The van der Waals surface area contributed by atoms with Gasteiger partial charge < -0.3 is 9.64 Å². The second-order valence-corrected chi connectivity index (χ2v) is 5.87. The molecule has 0 saturated carbocycles. The third-order valence-electron chi connectivity index (χ3n) is 2.74. The predicted molar refractivity (Wildman–Crippen MR) is 64.9 cm³/mol. The molecule has 4 nitrogen and oxygen atoms in total. The Balaban J connectivity index is 2.53. The third-order valence-corrected chi connectivity index (χ3v) is 2.74. The molecular formula is C12H21F3N2O2. The van der Waals surface area contributed by atoms with E-state index in [2.05, 4.69) is 0 Å². The molecule has 0 radical (unpaired) electrons. The fraction of sp³-hybridized carbons (Fsp3) is 0.917. The molecule has 0 aromatic carbocycles. The van der Waals surface area contributed by atoms with Crippen LogP contribution in [0.2, 0.25) is 0 Å². The number of rotatable bonds is 1. The Labute approximate surface area is 111 Å². The third kappa shape index (κ3) is 5.67. The number of halogens is 3. The SMILES string of the molecule is C[C@H]1CN(CC(F)(F)F)CCN1C(=O)OC(C)(C)C. The molecule has 1 rings (SSSR count). The first-order chi connectivity index (χ1) is 8.48. The average molecular weight is 282 g/mol. The van der Waals surface area contributed by atoms with Gasteiger partial charge in [-0.3, -0.25) is 4.90 Å². The minimum absolute atomic E-state index is 0.207. The molecule has 0 aliphatic carbocycles. The first-order valence-electron chi connectivity index (χ1n) is 6.27. The summed E-state index contributed by atoms with van der Waals surface area (Å²) in [6, 6.07) is -0.286. The molecule has 0 unspecified atom stereocenters. The number of alkyl halides is 3. The van der Waals surface area contributed by atoms with Crippen molar-refractivity contribution in [1.29, 1.82) is 0 Å². The lowest BCUT2D eigenvalue weighted by Crippen LogP contribution is -2.56. The summed E-state index contributed by atoms with van der Waals surface area (Å²) >= 11 is 0. The zero-order valence-electron chi connectivity index (χ0n) is 11.8. The van der Waals surface area contributed by atoms with Gasteiger partial charge in [0.15, 0.2) is 0 Å². The molecule has 1 amide bonds. The fourth-order valence-corrected chi connectivity index (χ4v) is 2.02. The molecule has 0 N–H and O–H groups in total. The van der Waals surface area contributed by atoms with Crippen LogP contribution in [-0.2, 0) is 4.74 Å². The molecule has 1 atom stereocenters. The maximum atomic E-state index is 12.3. The van der Waals surface area contributed by atoms with Crippen molar-refractivity contribution in [3.8, 4) is 0 Å². The van der Waals surface area contributed by atoms with Crippen LogP contribution in [0.25, 0.3) is 0 Å². The summed E-state index contributed by atoms with van der Waals surface area (Å²) < 4.78 is 42.1. The first-order valence-corrected chi connectivity index (χ1v) is 6.27. The summed E-state index contributed by atoms with van der Waals surface area (Å²) in [4.78, 5) is 14.7. The van der Waals surface area contributed by atoms with Crippen LogP contribution in [0, 0.1) is 0 Å². The van der Waals surface area contributed by atoms with Gasteiger partial charge in [-0.1, -0.05) is 0 Å². The Morgan fingerprint density at radius 3 is 2.26 bits per heavy atom. The Kier molecular flexibility index (Phi) is 4.71. The van der Waals surface area contributed by atoms with E-state index >= 15 is 0 Å². The summed E-state index contributed by atoms with van der Waals surface area (Å²) in [6.45, 7) is 6.75. The van der Waals surface area contributed by atoms with Crippen LogP contribution in [0.15, 0.2) is 0 Å². The fourth-order valence-electron chi connectivity index (χ4n) is 2.02. The van der Waals surface area contributed by atoms with Gasteiger partial charge in [-0.2, -0.15) is 13.2 Å². The van der Waals surface area contributed by atoms with Crippen LogP contribution in [0.4, 0.5) is 18.0 Å². The van der Waals surface area contributed by atoms with Gasteiger partial charge in [-0.15, -0.1) is 0 Å². The van der Waals surface area contributed by atoms with Crippen molar-refractivity contribution in [2.24, 2.45) is 0 Å². The number of ether oxygens (including phenoxy) is 1. The Bertz CT molecular complexity index is 326. The van der Waals surface area contributed by atoms with Crippen LogP contribution in [0.1, 0.15) is 27.7 Å². The average Bonchev–Trinajstić information content (AvgIpc) is 2.11. The molecular weight excluding hydrogens is 261 g/mol.